The number of halogens is 1. The second-order valence-corrected chi connectivity index (χ2v) is 9.80. The van der Waals surface area contributed by atoms with Gasteiger partial charge >= 0.3 is 0 Å². The molecule has 160 valence electrons. The number of hydrogen-bond donors (Lipinski definition) is 0. The molecule has 0 radical (unpaired) electrons. The number of aromatic nitrogens is 2. The van der Waals surface area contributed by atoms with Crippen molar-refractivity contribution >= 4 is 55.7 Å². The van der Waals surface area contributed by atoms with Crippen LogP contribution in [0.2, 0.25) is 5.02 Å². The molecule has 5 rings (SSSR count). The fraction of sp³-hybridized carbons (Fsp3) is 0.304. The molecule has 4 aromatic rings. The van der Waals surface area contributed by atoms with Gasteiger partial charge in [-0.3, -0.25) is 14.3 Å². The summed E-state index contributed by atoms with van der Waals surface area (Å²) in [6, 6.07) is 13.6. The molecule has 1 saturated heterocycles. The monoisotopic (exact) mass is 471 g/mol. The molecule has 3 heterocycles. The van der Waals surface area contributed by atoms with E-state index in [1.165, 1.54) is 15.6 Å². The van der Waals surface area contributed by atoms with Crippen molar-refractivity contribution in [3.05, 3.63) is 68.8 Å². The van der Waals surface area contributed by atoms with E-state index in [0.717, 1.165) is 54.3 Å². The van der Waals surface area contributed by atoms with Gasteiger partial charge in [0.05, 0.1) is 24.1 Å². The number of benzene rings is 2. The number of nitrogens with zero attached hydrogens (tertiary/aromatic N) is 3. The van der Waals surface area contributed by atoms with Crippen molar-refractivity contribution in [1.82, 2.24) is 14.5 Å². The highest BCUT2D eigenvalue weighted by Crippen LogP contribution is 2.32. The Morgan fingerprint density at radius 2 is 1.94 bits per heavy atom. The average molecular weight is 472 g/mol. The van der Waals surface area contributed by atoms with Crippen LogP contribution in [0.25, 0.3) is 21.0 Å². The Morgan fingerprint density at radius 1 is 1.10 bits per heavy atom. The molecule has 1 fully saturated rings. The fourth-order valence-electron chi connectivity index (χ4n) is 3.83. The van der Waals surface area contributed by atoms with Crippen molar-refractivity contribution in [2.24, 2.45) is 0 Å². The van der Waals surface area contributed by atoms with Crippen LogP contribution in [0.3, 0.4) is 0 Å². The molecular weight excluding hydrogens is 450 g/mol. The Hall–Kier alpha value is -1.90. The third-order valence-corrected chi connectivity index (χ3v) is 7.82. The van der Waals surface area contributed by atoms with Gasteiger partial charge in [0.25, 0.3) is 5.56 Å². The molecule has 5 nitrogen and oxygen atoms in total. The molecule has 8 heteroatoms. The van der Waals surface area contributed by atoms with Gasteiger partial charge in [-0.05, 0) is 46.7 Å². The number of fused-ring (bicyclic) bond motifs is 2. The minimum Gasteiger partial charge on any atom is -0.379 e. The molecule has 2 aromatic carbocycles. The van der Waals surface area contributed by atoms with Crippen LogP contribution >= 0.6 is 34.7 Å². The SMILES string of the molecule is O=c1c2ccccc2nc(SCc2csc3ccc(Cl)cc23)n1CCN1CCOCC1. The van der Waals surface area contributed by atoms with Gasteiger partial charge < -0.3 is 4.74 Å². The molecule has 0 spiro atoms. The molecule has 0 bridgehead atoms. The summed E-state index contributed by atoms with van der Waals surface area (Å²) in [6.07, 6.45) is 0. The maximum Gasteiger partial charge on any atom is 0.262 e. The summed E-state index contributed by atoms with van der Waals surface area (Å²) < 4.78 is 8.50. The number of morpholine rings is 1. The summed E-state index contributed by atoms with van der Waals surface area (Å²) in [6.45, 7) is 4.74. The number of thiophene rings is 1. The van der Waals surface area contributed by atoms with Crippen molar-refractivity contribution in [2.75, 3.05) is 32.8 Å². The summed E-state index contributed by atoms with van der Waals surface area (Å²) in [7, 11) is 0. The van der Waals surface area contributed by atoms with Crippen molar-refractivity contribution in [1.29, 1.82) is 0 Å². The first kappa shape index (κ1) is 21.0. The first-order chi connectivity index (χ1) is 15.2. The van der Waals surface area contributed by atoms with E-state index in [1.807, 2.05) is 41.0 Å². The summed E-state index contributed by atoms with van der Waals surface area (Å²) in [5.41, 5.74) is 1.99. The van der Waals surface area contributed by atoms with Crippen LogP contribution < -0.4 is 5.56 Å². The quantitative estimate of drug-likeness (QED) is 0.296. The molecule has 0 atom stereocenters. The maximum absolute atomic E-state index is 13.3. The maximum atomic E-state index is 13.3. The highest BCUT2D eigenvalue weighted by molar-refractivity contribution is 7.98. The first-order valence-corrected chi connectivity index (χ1v) is 12.5. The molecule has 1 aliphatic rings. The number of rotatable bonds is 6. The van der Waals surface area contributed by atoms with Gasteiger partial charge in [0.15, 0.2) is 5.16 Å². The van der Waals surface area contributed by atoms with Crippen molar-refractivity contribution in [3.63, 3.8) is 0 Å². The Bertz CT molecular complexity index is 1280. The topological polar surface area (TPSA) is 47.4 Å². The molecular formula is C23H22ClN3O2S2. The lowest BCUT2D eigenvalue weighted by Gasteiger charge is -2.27. The standard InChI is InChI=1S/C23H22ClN3O2S2/c24-17-5-6-21-19(13-17)16(14-30-21)15-31-23-25-20-4-2-1-3-18(20)22(28)27(23)8-7-26-9-11-29-12-10-26/h1-6,13-14H,7-12,15H2. The predicted molar refractivity (Wildman–Crippen MR) is 130 cm³/mol. The summed E-state index contributed by atoms with van der Waals surface area (Å²) >= 11 is 9.55. The van der Waals surface area contributed by atoms with E-state index in [4.69, 9.17) is 21.3 Å². The van der Waals surface area contributed by atoms with E-state index in [0.29, 0.717) is 11.9 Å². The molecule has 2 aromatic heterocycles. The third-order valence-electron chi connectivity index (χ3n) is 5.54. The number of hydrogen-bond acceptors (Lipinski definition) is 6. The largest absolute Gasteiger partial charge is 0.379 e. The van der Waals surface area contributed by atoms with Crippen LogP contribution in [0.5, 0.6) is 0 Å². The minimum absolute atomic E-state index is 0.0274. The summed E-state index contributed by atoms with van der Waals surface area (Å²) in [5, 5.41) is 5.52. The first-order valence-electron chi connectivity index (χ1n) is 10.3. The Balaban J connectivity index is 1.45. The molecule has 0 unspecified atom stereocenters. The number of thioether (sulfide) groups is 1. The van der Waals surface area contributed by atoms with Gasteiger partial charge in [-0.1, -0.05) is 35.5 Å². The molecule has 1 aliphatic heterocycles. The minimum atomic E-state index is 0.0274. The van der Waals surface area contributed by atoms with Gasteiger partial charge in [-0.25, -0.2) is 4.98 Å². The lowest BCUT2D eigenvalue weighted by molar-refractivity contribution is 0.0359. The van der Waals surface area contributed by atoms with Crippen LogP contribution in [-0.4, -0.2) is 47.3 Å². The van der Waals surface area contributed by atoms with Crippen LogP contribution in [-0.2, 0) is 17.0 Å². The van der Waals surface area contributed by atoms with Gasteiger partial charge in [0, 0.05) is 41.7 Å². The van der Waals surface area contributed by atoms with E-state index in [-0.39, 0.29) is 5.56 Å². The fourth-order valence-corrected chi connectivity index (χ4v) is 6.07. The molecule has 0 amide bonds. The molecule has 0 aliphatic carbocycles. The van der Waals surface area contributed by atoms with Gasteiger partial charge in [-0.15, -0.1) is 11.3 Å². The zero-order valence-corrected chi connectivity index (χ0v) is 19.3. The van der Waals surface area contributed by atoms with Crippen LogP contribution in [0.4, 0.5) is 0 Å². The van der Waals surface area contributed by atoms with E-state index >= 15 is 0 Å². The van der Waals surface area contributed by atoms with Gasteiger partial charge in [0.2, 0.25) is 0 Å². The zero-order valence-electron chi connectivity index (χ0n) is 16.9. The molecule has 31 heavy (non-hydrogen) atoms. The van der Waals surface area contributed by atoms with Crippen molar-refractivity contribution < 1.29 is 4.74 Å². The number of ether oxygens (including phenoxy) is 1. The van der Waals surface area contributed by atoms with E-state index in [1.54, 1.807) is 23.1 Å². The predicted octanol–water partition coefficient (Wildman–Crippen LogP) is 4.89. The summed E-state index contributed by atoms with van der Waals surface area (Å²) in [4.78, 5) is 20.5. The van der Waals surface area contributed by atoms with Gasteiger partial charge in [-0.2, -0.15) is 0 Å². The lowest BCUT2D eigenvalue weighted by Crippen LogP contribution is -2.39. The van der Waals surface area contributed by atoms with Crippen molar-refractivity contribution in [3.8, 4) is 0 Å². The van der Waals surface area contributed by atoms with Crippen molar-refractivity contribution in [2.45, 2.75) is 17.5 Å². The second kappa shape index (κ2) is 9.30. The molecule has 0 N–H and O–H groups in total. The highest BCUT2D eigenvalue weighted by atomic mass is 35.5. The van der Waals surface area contributed by atoms with E-state index in [9.17, 15) is 4.79 Å². The highest BCUT2D eigenvalue weighted by Gasteiger charge is 2.16. The summed E-state index contributed by atoms with van der Waals surface area (Å²) in [5.74, 6) is 0.739. The van der Waals surface area contributed by atoms with Crippen LogP contribution in [0, 0.1) is 0 Å². The zero-order chi connectivity index (χ0) is 21.2. The Kier molecular flexibility index (Phi) is 6.29. The normalized spacial score (nSPS) is 15.1. The second-order valence-electron chi connectivity index (χ2n) is 7.51. The van der Waals surface area contributed by atoms with Crippen LogP contribution in [0.15, 0.2) is 57.8 Å². The smallest absolute Gasteiger partial charge is 0.262 e. The lowest BCUT2D eigenvalue weighted by atomic mass is 10.2. The molecule has 0 saturated carbocycles. The average Bonchev–Trinajstić information content (AvgIpc) is 3.20. The van der Waals surface area contributed by atoms with Crippen LogP contribution in [0.1, 0.15) is 5.56 Å². The van der Waals surface area contributed by atoms with E-state index in [2.05, 4.69) is 16.3 Å². The third kappa shape index (κ3) is 4.52. The van der Waals surface area contributed by atoms with E-state index < -0.39 is 0 Å². The number of para-hydroxylation sites is 1. The Morgan fingerprint density at radius 3 is 2.81 bits per heavy atom. The Labute approximate surface area is 193 Å². The van der Waals surface area contributed by atoms with Gasteiger partial charge in [0.1, 0.15) is 0 Å².